The zero-order valence-corrected chi connectivity index (χ0v) is 13.1. The van der Waals surface area contributed by atoms with Gasteiger partial charge in [0.2, 0.25) is 0 Å². The van der Waals surface area contributed by atoms with Gasteiger partial charge in [-0.25, -0.2) is 0 Å². The van der Waals surface area contributed by atoms with Crippen LogP contribution < -0.4 is 15.8 Å². The lowest BCUT2D eigenvalue weighted by atomic mass is 10.0. The SMILES string of the molecule is CCC(C)(C)NC(=O)C(C)Oc1ccc(C)cc1CN. The third-order valence-corrected chi connectivity index (χ3v) is 3.45. The standard InChI is InChI=1S/C16H26N2O2/c1-6-16(4,5)18-15(19)12(3)20-14-8-7-11(2)9-13(14)10-17/h7-9,12H,6,10,17H2,1-5H3,(H,18,19). The predicted molar refractivity (Wildman–Crippen MR) is 81.7 cm³/mol. The molecule has 0 aliphatic rings. The molecular formula is C16H26N2O2. The maximum atomic E-state index is 12.1. The first-order valence-electron chi connectivity index (χ1n) is 7.07. The summed E-state index contributed by atoms with van der Waals surface area (Å²) in [5.41, 5.74) is 7.53. The molecule has 0 fully saturated rings. The van der Waals surface area contributed by atoms with Crippen LogP contribution >= 0.6 is 0 Å². The molecule has 1 atom stereocenters. The fraction of sp³-hybridized carbons (Fsp3) is 0.562. The number of hydrogen-bond acceptors (Lipinski definition) is 3. The highest BCUT2D eigenvalue weighted by molar-refractivity contribution is 5.81. The largest absolute Gasteiger partial charge is 0.481 e. The molecule has 3 N–H and O–H groups in total. The molecule has 1 amide bonds. The van der Waals surface area contributed by atoms with E-state index in [0.717, 1.165) is 17.5 Å². The van der Waals surface area contributed by atoms with Gasteiger partial charge in [0.15, 0.2) is 6.10 Å². The van der Waals surface area contributed by atoms with E-state index in [-0.39, 0.29) is 11.4 Å². The monoisotopic (exact) mass is 278 g/mol. The van der Waals surface area contributed by atoms with Gasteiger partial charge in [0.25, 0.3) is 5.91 Å². The predicted octanol–water partition coefficient (Wildman–Crippen LogP) is 2.53. The molecule has 0 saturated carbocycles. The Balaban J connectivity index is 2.75. The van der Waals surface area contributed by atoms with E-state index in [0.29, 0.717) is 12.3 Å². The van der Waals surface area contributed by atoms with E-state index < -0.39 is 6.10 Å². The molecule has 4 heteroatoms. The van der Waals surface area contributed by atoms with Gasteiger partial charge < -0.3 is 15.8 Å². The van der Waals surface area contributed by atoms with Crippen LogP contribution in [-0.2, 0) is 11.3 Å². The summed E-state index contributed by atoms with van der Waals surface area (Å²) in [7, 11) is 0. The summed E-state index contributed by atoms with van der Waals surface area (Å²) in [6, 6.07) is 5.80. The maximum Gasteiger partial charge on any atom is 0.261 e. The molecule has 1 aromatic rings. The number of nitrogens with two attached hydrogens (primary N) is 1. The van der Waals surface area contributed by atoms with Crippen molar-refractivity contribution in [3.63, 3.8) is 0 Å². The van der Waals surface area contributed by atoms with E-state index in [1.807, 2.05) is 45.9 Å². The maximum absolute atomic E-state index is 12.1. The smallest absolute Gasteiger partial charge is 0.261 e. The summed E-state index contributed by atoms with van der Waals surface area (Å²) in [4.78, 5) is 12.1. The number of hydrogen-bond donors (Lipinski definition) is 2. The molecule has 1 unspecified atom stereocenters. The van der Waals surface area contributed by atoms with Crippen molar-refractivity contribution in [2.75, 3.05) is 0 Å². The highest BCUT2D eigenvalue weighted by Crippen LogP contribution is 2.21. The number of benzene rings is 1. The minimum atomic E-state index is -0.547. The number of carbonyl (C=O) groups is 1. The first kappa shape index (κ1) is 16.5. The van der Waals surface area contributed by atoms with Crippen molar-refractivity contribution in [2.45, 2.75) is 59.2 Å². The molecule has 1 aromatic carbocycles. The fourth-order valence-electron chi connectivity index (χ4n) is 1.75. The average Bonchev–Trinajstić information content (AvgIpc) is 2.40. The number of aryl methyl sites for hydroxylation is 1. The summed E-state index contributed by atoms with van der Waals surface area (Å²) in [5, 5.41) is 2.98. The normalized spacial score (nSPS) is 12.9. The Morgan fingerprint density at radius 3 is 2.65 bits per heavy atom. The zero-order chi connectivity index (χ0) is 15.3. The third-order valence-electron chi connectivity index (χ3n) is 3.45. The van der Waals surface area contributed by atoms with Gasteiger partial charge in [0, 0.05) is 17.6 Å². The van der Waals surface area contributed by atoms with Crippen LogP contribution in [0.15, 0.2) is 18.2 Å². The van der Waals surface area contributed by atoms with Crippen LogP contribution in [0, 0.1) is 6.92 Å². The second kappa shape index (κ2) is 6.75. The molecule has 0 radical (unpaired) electrons. The minimum Gasteiger partial charge on any atom is -0.481 e. The van der Waals surface area contributed by atoms with Gasteiger partial charge in [0.1, 0.15) is 5.75 Å². The quantitative estimate of drug-likeness (QED) is 0.840. The molecule has 1 rings (SSSR count). The molecule has 0 spiro atoms. The molecule has 0 aromatic heterocycles. The highest BCUT2D eigenvalue weighted by Gasteiger charge is 2.23. The molecule has 4 nitrogen and oxygen atoms in total. The van der Waals surface area contributed by atoms with Crippen molar-refractivity contribution in [3.05, 3.63) is 29.3 Å². The van der Waals surface area contributed by atoms with Crippen LogP contribution in [0.3, 0.4) is 0 Å². The van der Waals surface area contributed by atoms with E-state index >= 15 is 0 Å². The van der Waals surface area contributed by atoms with E-state index in [9.17, 15) is 4.79 Å². The van der Waals surface area contributed by atoms with Crippen molar-refractivity contribution >= 4 is 5.91 Å². The first-order chi connectivity index (χ1) is 9.29. The van der Waals surface area contributed by atoms with Crippen molar-refractivity contribution in [2.24, 2.45) is 5.73 Å². The van der Waals surface area contributed by atoms with Gasteiger partial charge in [-0.2, -0.15) is 0 Å². The number of nitrogens with one attached hydrogen (secondary N) is 1. The Morgan fingerprint density at radius 2 is 2.10 bits per heavy atom. The van der Waals surface area contributed by atoms with E-state index in [1.165, 1.54) is 0 Å². The fourth-order valence-corrected chi connectivity index (χ4v) is 1.75. The Bertz CT molecular complexity index is 470. The summed E-state index contributed by atoms with van der Waals surface area (Å²) in [6.45, 7) is 10.2. The molecule has 112 valence electrons. The van der Waals surface area contributed by atoms with E-state index in [1.54, 1.807) is 6.92 Å². The van der Waals surface area contributed by atoms with Crippen molar-refractivity contribution in [1.29, 1.82) is 0 Å². The summed E-state index contributed by atoms with van der Waals surface area (Å²) < 4.78 is 5.75. The van der Waals surface area contributed by atoms with Crippen LogP contribution in [-0.4, -0.2) is 17.6 Å². The van der Waals surface area contributed by atoms with Crippen LogP contribution in [0.4, 0.5) is 0 Å². The second-order valence-corrected chi connectivity index (χ2v) is 5.80. The summed E-state index contributed by atoms with van der Waals surface area (Å²) in [5.74, 6) is 0.565. The number of rotatable bonds is 6. The molecule has 0 bridgehead atoms. The molecule has 0 saturated heterocycles. The van der Waals surface area contributed by atoms with E-state index in [2.05, 4.69) is 5.32 Å². The lowest BCUT2D eigenvalue weighted by Crippen LogP contribution is -2.48. The van der Waals surface area contributed by atoms with Crippen molar-refractivity contribution in [3.8, 4) is 5.75 Å². The Labute approximate surface area is 121 Å². The lowest BCUT2D eigenvalue weighted by molar-refractivity contribution is -0.129. The third kappa shape index (κ3) is 4.53. The number of ether oxygens (including phenoxy) is 1. The van der Waals surface area contributed by atoms with Crippen LogP contribution in [0.5, 0.6) is 5.75 Å². The average molecular weight is 278 g/mol. The molecule has 0 aliphatic carbocycles. The van der Waals surface area contributed by atoms with E-state index in [4.69, 9.17) is 10.5 Å². The topological polar surface area (TPSA) is 64.3 Å². The van der Waals surface area contributed by atoms with Crippen LogP contribution in [0.25, 0.3) is 0 Å². The zero-order valence-electron chi connectivity index (χ0n) is 13.1. The Hall–Kier alpha value is -1.55. The molecule has 20 heavy (non-hydrogen) atoms. The molecular weight excluding hydrogens is 252 g/mol. The Morgan fingerprint density at radius 1 is 1.45 bits per heavy atom. The lowest BCUT2D eigenvalue weighted by Gasteiger charge is -2.27. The molecule has 0 heterocycles. The van der Waals surface area contributed by atoms with Gasteiger partial charge in [-0.05, 0) is 40.2 Å². The van der Waals surface area contributed by atoms with Crippen LogP contribution in [0.2, 0.25) is 0 Å². The second-order valence-electron chi connectivity index (χ2n) is 5.80. The minimum absolute atomic E-state index is 0.111. The van der Waals surface area contributed by atoms with Crippen molar-refractivity contribution in [1.82, 2.24) is 5.32 Å². The van der Waals surface area contributed by atoms with Gasteiger partial charge in [0.05, 0.1) is 0 Å². The van der Waals surface area contributed by atoms with Crippen molar-refractivity contribution < 1.29 is 9.53 Å². The van der Waals surface area contributed by atoms with Gasteiger partial charge in [-0.1, -0.05) is 24.6 Å². The highest BCUT2D eigenvalue weighted by atomic mass is 16.5. The van der Waals surface area contributed by atoms with Gasteiger partial charge in [-0.3, -0.25) is 4.79 Å². The summed E-state index contributed by atoms with van der Waals surface area (Å²) in [6.07, 6.45) is 0.318. The number of carbonyl (C=O) groups excluding carboxylic acids is 1. The molecule has 0 aliphatic heterocycles. The number of amides is 1. The first-order valence-corrected chi connectivity index (χ1v) is 7.07. The Kier molecular flexibility index (Phi) is 5.57. The van der Waals surface area contributed by atoms with Gasteiger partial charge in [-0.15, -0.1) is 0 Å². The summed E-state index contributed by atoms with van der Waals surface area (Å²) >= 11 is 0. The van der Waals surface area contributed by atoms with Crippen LogP contribution in [0.1, 0.15) is 45.2 Å². The van der Waals surface area contributed by atoms with Gasteiger partial charge >= 0.3 is 0 Å².